The molecule has 0 aromatic rings. The molecular weight excluding hydrogens is 757 g/mol. The molecule has 1 aliphatic rings. The van der Waals surface area contributed by atoms with Gasteiger partial charge in [0.2, 0.25) is 0 Å². The van der Waals surface area contributed by atoms with Gasteiger partial charge in [0.05, 0.1) is 0 Å². The number of rotatable bonds is 54. The standard InChI is InChI=1S/C61H120BN/c1-4-7-10-13-16-19-22-25-28-31-34-37-40-43-46-49-52-56-61-57-55-59-62(58-53-50-47-44-41-38-35-32-29-26-23-20-17-14-11-8-5-2)63(61)60-54-51-48-45-42-39-36-33-30-27-24-21-18-15-12-9-6-3/h55,57,59H,4-54,56,58,60H2,1-3H3. The van der Waals surface area contributed by atoms with Crippen LogP contribution in [0.5, 0.6) is 0 Å². The van der Waals surface area contributed by atoms with Crippen molar-refractivity contribution >= 4 is 6.85 Å². The molecule has 0 saturated carbocycles. The number of hydrogen-bond donors (Lipinski definition) is 0. The van der Waals surface area contributed by atoms with Crippen LogP contribution >= 0.6 is 0 Å². The third-order valence-corrected chi connectivity index (χ3v) is 15.0. The van der Waals surface area contributed by atoms with E-state index in [1.54, 1.807) is 5.70 Å². The maximum Gasteiger partial charge on any atom is 0.280 e. The van der Waals surface area contributed by atoms with E-state index in [9.17, 15) is 0 Å². The molecule has 0 radical (unpaired) electrons. The summed E-state index contributed by atoms with van der Waals surface area (Å²) in [5, 5.41) is 0. The lowest BCUT2D eigenvalue weighted by atomic mass is 9.54. The molecule has 0 N–H and O–H groups in total. The van der Waals surface area contributed by atoms with Crippen LogP contribution in [0.15, 0.2) is 23.8 Å². The molecule has 0 aromatic heterocycles. The van der Waals surface area contributed by atoms with Gasteiger partial charge in [0.15, 0.2) is 0 Å². The van der Waals surface area contributed by atoms with Crippen molar-refractivity contribution in [3.8, 4) is 0 Å². The van der Waals surface area contributed by atoms with Gasteiger partial charge in [-0.2, -0.15) is 0 Å². The van der Waals surface area contributed by atoms with E-state index in [0.717, 1.165) is 0 Å². The van der Waals surface area contributed by atoms with Crippen LogP contribution < -0.4 is 0 Å². The molecule has 1 aliphatic heterocycles. The van der Waals surface area contributed by atoms with Crippen LogP contribution in [0.4, 0.5) is 0 Å². The maximum absolute atomic E-state index is 2.89. The summed E-state index contributed by atoms with van der Waals surface area (Å²) in [6.45, 7) is 8.89. The minimum absolute atomic E-state index is 0.646. The SMILES string of the molecule is CCCCCCCCCCCCCCCCCCCB1C=CC=C(CCCCCCCCCCCCCCCCCCC)N1CCCCCCCCCCCCCCCCCCC. The Bertz CT molecular complexity index is 909. The van der Waals surface area contributed by atoms with Gasteiger partial charge in [-0.25, -0.2) is 0 Å². The Morgan fingerprint density at radius 2 is 0.524 bits per heavy atom. The van der Waals surface area contributed by atoms with E-state index in [-0.39, 0.29) is 0 Å². The average Bonchev–Trinajstić information content (AvgIpc) is 3.30. The van der Waals surface area contributed by atoms with Gasteiger partial charge in [-0.05, 0) is 31.7 Å². The zero-order chi connectivity index (χ0) is 45.0. The normalized spacial score (nSPS) is 12.9. The first kappa shape index (κ1) is 60.4. The first-order chi connectivity index (χ1) is 31.3. The van der Waals surface area contributed by atoms with Crippen LogP contribution in [0.1, 0.15) is 355 Å². The minimum Gasteiger partial charge on any atom is -0.414 e. The molecule has 1 rings (SSSR count). The topological polar surface area (TPSA) is 3.24 Å². The van der Waals surface area contributed by atoms with Gasteiger partial charge in [0.1, 0.15) is 0 Å². The predicted octanol–water partition coefficient (Wildman–Crippen LogP) is 22.6. The van der Waals surface area contributed by atoms with Crippen LogP contribution in [0.3, 0.4) is 0 Å². The zero-order valence-electron chi connectivity index (χ0n) is 44.4. The predicted molar refractivity (Wildman–Crippen MR) is 292 cm³/mol. The summed E-state index contributed by atoms with van der Waals surface area (Å²) in [5.41, 5.74) is 1.67. The highest BCUT2D eigenvalue weighted by atomic mass is 15.1. The first-order valence-electron chi connectivity index (χ1n) is 30.5. The molecule has 0 bridgehead atoms. The Kier molecular flexibility index (Phi) is 50.1. The van der Waals surface area contributed by atoms with E-state index >= 15 is 0 Å². The molecule has 0 atom stereocenters. The Morgan fingerprint density at radius 3 is 0.810 bits per heavy atom. The van der Waals surface area contributed by atoms with Gasteiger partial charge >= 0.3 is 0 Å². The van der Waals surface area contributed by atoms with E-state index in [1.165, 1.54) is 347 Å². The summed E-state index contributed by atoms with van der Waals surface area (Å²) >= 11 is 0. The number of unbranched alkanes of at least 4 members (excludes halogenated alkanes) is 48. The van der Waals surface area contributed by atoms with E-state index in [2.05, 4.69) is 43.7 Å². The van der Waals surface area contributed by atoms with Gasteiger partial charge in [-0.3, -0.25) is 0 Å². The van der Waals surface area contributed by atoms with Crippen LogP contribution in [0, 0.1) is 0 Å². The van der Waals surface area contributed by atoms with Gasteiger partial charge in [-0.1, -0.05) is 347 Å². The lowest BCUT2D eigenvalue weighted by Crippen LogP contribution is -2.39. The minimum atomic E-state index is 0.646. The van der Waals surface area contributed by atoms with Gasteiger partial charge < -0.3 is 4.81 Å². The third kappa shape index (κ3) is 43.7. The zero-order valence-corrected chi connectivity index (χ0v) is 44.4. The number of allylic oxidation sites excluding steroid dienone is 3. The van der Waals surface area contributed by atoms with Gasteiger partial charge in [0.25, 0.3) is 6.85 Å². The summed E-state index contributed by atoms with van der Waals surface area (Å²) in [5.74, 6) is 2.57. The van der Waals surface area contributed by atoms with E-state index < -0.39 is 0 Å². The van der Waals surface area contributed by atoms with E-state index in [0.29, 0.717) is 6.85 Å². The van der Waals surface area contributed by atoms with Crippen molar-refractivity contribution in [2.75, 3.05) is 6.54 Å². The molecule has 372 valence electrons. The van der Waals surface area contributed by atoms with Gasteiger partial charge in [0, 0.05) is 12.2 Å². The quantitative estimate of drug-likeness (QED) is 0.0435. The van der Waals surface area contributed by atoms with E-state index in [4.69, 9.17) is 0 Å². The van der Waals surface area contributed by atoms with Crippen molar-refractivity contribution < 1.29 is 0 Å². The third-order valence-electron chi connectivity index (χ3n) is 15.0. The molecule has 0 amide bonds. The Hall–Kier alpha value is -0.655. The summed E-state index contributed by atoms with van der Waals surface area (Å²) < 4.78 is 0. The first-order valence-corrected chi connectivity index (χ1v) is 30.5. The molecular formula is C61H120BN. The smallest absolute Gasteiger partial charge is 0.280 e. The highest BCUT2D eigenvalue weighted by Crippen LogP contribution is 2.26. The fraction of sp³-hybridized carbons (Fsp3) is 0.934. The summed E-state index contributed by atoms with van der Waals surface area (Å²) in [4.78, 5) is 2.89. The van der Waals surface area contributed by atoms with Crippen LogP contribution in [-0.4, -0.2) is 18.2 Å². The summed E-state index contributed by atoms with van der Waals surface area (Å²) in [6.07, 6.45) is 82.0. The second kappa shape index (κ2) is 52.3. The van der Waals surface area contributed by atoms with Crippen molar-refractivity contribution in [3.63, 3.8) is 0 Å². The molecule has 0 aromatic carbocycles. The molecule has 0 fully saturated rings. The molecule has 0 saturated heterocycles. The van der Waals surface area contributed by atoms with Crippen molar-refractivity contribution in [1.82, 2.24) is 4.81 Å². The van der Waals surface area contributed by atoms with Crippen LogP contribution in [-0.2, 0) is 0 Å². The summed E-state index contributed by atoms with van der Waals surface area (Å²) in [7, 11) is 0. The molecule has 63 heavy (non-hydrogen) atoms. The summed E-state index contributed by atoms with van der Waals surface area (Å²) in [6, 6.07) is 0. The Balaban J connectivity index is 2.24. The Labute approximate surface area is 401 Å². The fourth-order valence-electron chi connectivity index (χ4n) is 10.6. The molecule has 0 aliphatic carbocycles. The van der Waals surface area contributed by atoms with Gasteiger partial charge in [-0.15, -0.1) is 0 Å². The van der Waals surface area contributed by atoms with Crippen molar-refractivity contribution in [3.05, 3.63) is 23.8 Å². The van der Waals surface area contributed by atoms with E-state index in [1.807, 2.05) is 0 Å². The highest BCUT2D eigenvalue weighted by molar-refractivity contribution is 6.62. The lowest BCUT2D eigenvalue weighted by molar-refractivity contribution is 0.453. The maximum atomic E-state index is 2.89. The molecule has 1 heterocycles. The molecule has 1 nitrogen and oxygen atoms in total. The monoisotopic (exact) mass is 878 g/mol. The number of hydrogen-bond acceptors (Lipinski definition) is 1. The molecule has 0 spiro atoms. The second-order valence-electron chi connectivity index (χ2n) is 21.3. The number of nitrogens with zero attached hydrogens (tertiary/aromatic N) is 1. The Morgan fingerprint density at radius 1 is 0.286 bits per heavy atom. The fourth-order valence-corrected chi connectivity index (χ4v) is 10.6. The van der Waals surface area contributed by atoms with Crippen LogP contribution in [0.25, 0.3) is 0 Å². The largest absolute Gasteiger partial charge is 0.414 e. The molecule has 0 unspecified atom stereocenters. The second-order valence-corrected chi connectivity index (χ2v) is 21.3. The van der Waals surface area contributed by atoms with Crippen LogP contribution in [0.2, 0.25) is 6.32 Å². The van der Waals surface area contributed by atoms with Crippen molar-refractivity contribution in [1.29, 1.82) is 0 Å². The van der Waals surface area contributed by atoms with Crippen molar-refractivity contribution in [2.45, 2.75) is 361 Å². The van der Waals surface area contributed by atoms with Crippen molar-refractivity contribution in [2.24, 2.45) is 0 Å². The highest BCUT2D eigenvalue weighted by Gasteiger charge is 2.24. The average molecular weight is 878 g/mol. The lowest BCUT2D eigenvalue weighted by Gasteiger charge is -2.35. The molecule has 2 heteroatoms.